The third kappa shape index (κ3) is 4.54. The minimum Gasteiger partial charge on any atom is -0.422 e. The van der Waals surface area contributed by atoms with E-state index >= 15 is 0 Å². The van der Waals surface area contributed by atoms with Crippen LogP contribution >= 0.6 is 0 Å². The van der Waals surface area contributed by atoms with Crippen molar-refractivity contribution in [2.75, 3.05) is 18.5 Å². The van der Waals surface area contributed by atoms with Crippen LogP contribution in [0.15, 0.2) is 70.4 Å². The van der Waals surface area contributed by atoms with E-state index in [1.165, 1.54) is 0 Å². The van der Waals surface area contributed by atoms with Gasteiger partial charge >= 0.3 is 5.63 Å². The second-order valence-electron chi connectivity index (χ2n) is 6.33. The highest BCUT2D eigenvalue weighted by Gasteiger charge is 2.15. The molecule has 3 aromatic rings. The van der Waals surface area contributed by atoms with Crippen LogP contribution in [0, 0.1) is 0 Å². The van der Waals surface area contributed by atoms with Gasteiger partial charge in [-0.05, 0) is 35.7 Å². The van der Waals surface area contributed by atoms with Crippen LogP contribution in [-0.2, 0) is 13.0 Å². The lowest BCUT2D eigenvalue weighted by Crippen LogP contribution is -2.21. The topological polar surface area (TPSA) is 91.6 Å². The standard InChI is InChI=1S/C22H22N2O4/c1-2-4-16-5-3-6-17-13-19(22(27)28-20(16)17)21(26)24-18-9-7-15(8-10-18)14-23-11-12-25/h2-3,5-10,13,23,25H,1,4,11-12,14H2,(H,24,26). The van der Waals surface area contributed by atoms with E-state index in [0.29, 0.717) is 36.2 Å². The van der Waals surface area contributed by atoms with Crippen molar-refractivity contribution in [1.82, 2.24) is 5.32 Å². The number of anilines is 1. The molecule has 0 radical (unpaired) electrons. The number of carbonyl (C=O) groups excluding carboxylic acids is 1. The summed E-state index contributed by atoms with van der Waals surface area (Å²) in [6, 6.07) is 14.3. The van der Waals surface area contributed by atoms with Crippen molar-refractivity contribution in [2.45, 2.75) is 13.0 Å². The van der Waals surface area contributed by atoms with Gasteiger partial charge in [0.25, 0.3) is 5.91 Å². The number of aliphatic hydroxyl groups excluding tert-OH is 1. The maximum Gasteiger partial charge on any atom is 0.349 e. The Morgan fingerprint density at radius 2 is 1.96 bits per heavy atom. The molecule has 144 valence electrons. The zero-order valence-corrected chi connectivity index (χ0v) is 15.4. The molecule has 2 aromatic carbocycles. The quantitative estimate of drug-likeness (QED) is 0.318. The van der Waals surface area contributed by atoms with Gasteiger partial charge in [0.05, 0.1) is 6.61 Å². The van der Waals surface area contributed by atoms with Crippen molar-refractivity contribution in [3.63, 3.8) is 0 Å². The highest BCUT2D eigenvalue weighted by molar-refractivity contribution is 6.05. The first-order chi connectivity index (χ1) is 13.6. The monoisotopic (exact) mass is 378 g/mol. The number of hydrogen-bond donors (Lipinski definition) is 3. The highest BCUT2D eigenvalue weighted by Crippen LogP contribution is 2.20. The fourth-order valence-corrected chi connectivity index (χ4v) is 2.90. The summed E-state index contributed by atoms with van der Waals surface area (Å²) in [6.45, 7) is 4.93. The van der Waals surface area contributed by atoms with Gasteiger partial charge in [0.15, 0.2) is 0 Å². The molecule has 0 aliphatic rings. The van der Waals surface area contributed by atoms with Crippen LogP contribution in [0.2, 0.25) is 0 Å². The summed E-state index contributed by atoms with van der Waals surface area (Å²) >= 11 is 0. The van der Waals surface area contributed by atoms with Crippen molar-refractivity contribution >= 4 is 22.6 Å². The molecule has 0 atom stereocenters. The maximum absolute atomic E-state index is 12.6. The zero-order chi connectivity index (χ0) is 19.9. The first-order valence-corrected chi connectivity index (χ1v) is 9.01. The first-order valence-electron chi connectivity index (χ1n) is 9.01. The summed E-state index contributed by atoms with van der Waals surface area (Å²) in [7, 11) is 0. The van der Waals surface area contributed by atoms with Crippen molar-refractivity contribution in [2.24, 2.45) is 0 Å². The van der Waals surface area contributed by atoms with Gasteiger partial charge in [-0.2, -0.15) is 0 Å². The average Bonchev–Trinajstić information content (AvgIpc) is 2.70. The molecule has 3 rings (SSSR count). The molecule has 28 heavy (non-hydrogen) atoms. The summed E-state index contributed by atoms with van der Waals surface area (Å²) in [4.78, 5) is 24.9. The Morgan fingerprint density at radius 3 is 2.68 bits per heavy atom. The van der Waals surface area contributed by atoms with Crippen molar-refractivity contribution in [3.05, 3.63) is 88.3 Å². The lowest BCUT2D eigenvalue weighted by molar-refractivity contribution is 0.102. The van der Waals surface area contributed by atoms with Gasteiger partial charge in [0, 0.05) is 24.2 Å². The highest BCUT2D eigenvalue weighted by atomic mass is 16.4. The van der Waals surface area contributed by atoms with E-state index in [1.807, 2.05) is 24.3 Å². The van der Waals surface area contributed by atoms with Gasteiger partial charge in [-0.3, -0.25) is 4.79 Å². The minimum atomic E-state index is -0.675. The van der Waals surface area contributed by atoms with Gasteiger partial charge < -0.3 is 20.2 Å². The van der Waals surface area contributed by atoms with Crippen molar-refractivity contribution < 1.29 is 14.3 Å². The van der Waals surface area contributed by atoms with Gasteiger partial charge in [-0.15, -0.1) is 6.58 Å². The van der Waals surface area contributed by atoms with Crippen LogP contribution in [0.25, 0.3) is 11.0 Å². The third-order valence-electron chi connectivity index (χ3n) is 4.28. The Bertz CT molecular complexity index is 1040. The number of nitrogens with one attached hydrogen (secondary N) is 2. The van der Waals surface area contributed by atoms with E-state index in [2.05, 4.69) is 17.2 Å². The van der Waals surface area contributed by atoms with E-state index in [4.69, 9.17) is 9.52 Å². The largest absolute Gasteiger partial charge is 0.422 e. The van der Waals surface area contributed by atoms with Crippen LogP contribution < -0.4 is 16.3 Å². The normalized spacial score (nSPS) is 10.8. The molecule has 1 amide bonds. The Balaban J connectivity index is 1.79. The number of carbonyl (C=O) groups is 1. The summed E-state index contributed by atoms with van der Waals surface area (Å²) in [5, 5.41) is 15.3. The van der Waals surface area contributed by atoms with E-state index in [0.717, 1.165) is 11.1 Å². The molecule has 0 fully saturated rings. The van der Waals surface area contributed by atoms with Crippen LogP contribution in [0.5, 0.6) is 0 Å². The fourth-order valence-electron chi connectivity index (χ4n) is 2.90. The SMILES string of the molecule is C=CCc1cccc2cc(C(=O)Nc3ccc(CNCCO)cc3)c(=O)oc12. The molecular formula is C22H22N2O4. The third-order valence-corrected chi connectivity index (χ3v) is 4.28. The Kier molecular flexibility index (Phi) is 6.37. The lowest BCUT2D eigenvalue weighted by atomic mass is 10.1. The molecule has 0 saturated carbocycles. The van der Waals surface area contributed by atoms with Gasteiger partial charge in [-0.25, -0.2) is 4.79 Å². The van der Waals surface area contributed by atoms with Crippen molar-refractivity contribution in [3.8, 4) is 0 Å². The number of allylic oxidation sites excluding steroid dienone is 1. The molecule has 0 bridgehead atoms. The lowest BCUT2D eigenvalue weighted by Gasteiger charge is -2.08. The molecule has 0 unspecified atom stereocenters. The van der Waals surface area contributed by atoms with Crippen LogP contribution in [0.1, 0.15) is 21.5 Å². The summed E-state index contributed by atoms with van der Waals surface area (Å²) in [5.41, 5.74) is 2.20. The van der Waals surface area contributed by atoms with E-state index < -0.39 is 11.5 Å². The smallest absolute Gasteiger partial charge is 0.349 e. The summed E-state index contributed by atoms with van der Waals surface area (Å²) in [5.74, 6) is -0.518. The van der Waals surface area contributed by atoms with E-state index in [1.54, 1.807) is 30.3 Å². The van der Waals surface area contributed by atoms with Crippen LogP contribution in [-0.4, -0.2) is 24.2 Å². The number of benzene rings is 2. The Hall–Kier alpha value is -3.22. The molecule has 0 aliphatic carbocycles. The molecular weight excluding hydrogens is 356 g/mol. The molecule has 0 spiro atoms. The predicted octanol–water partition coefficient (Wildman–Crippen LogP) is 2.86. The first kappa shape index (κ1) is 19.5. The van der Waals surface area contributed by atoms with Gasteiger partial charge in [0.2, 0.25) is 0 Å². The molecule has 6 heteroatoms. The second-order valence-corrected chi connectivity index (χ2v) is 6.33. The molecule has 3 N–H and O–H groups in total. The number of para-hydroxylation sites is 1. The average molecular weight is 378 g/mol. The second kappa shape index (κ2) is 9.12. The molecule has 6 nitrogen and oxygen atoms in total. The van der Waals surface area contributed by atoms with Crippen LogP contribution in [0.3, 0.4) is 0 Å². The zero-order valence-electron chi connectivity index (χ0n) is 15.4. The van der Waals surface area contributed by atoms with Gasteiger partial charge in [0.1, 0.15) is 11.1 Å². The summed E-state index contributed by atoms with van der Waals surface area (Å²) < 4.78 is 5.42. The number of aliphatic hydroxyl groups is 1. The number of fused-ring (bicyclic) bond motifs is 1. The molecule has 0 saturated heterocycles. The van der Waals surface area contributed by atoms with E-state index in [-0.39, 0.29) is 12.2 Å². The Morgan fingerprint density at radius 1 is 1.18 bits per heavy atom. The van der Waals surface area contributed by atoms with E-state index in [9.17, 15) is 9.59 Å². The van der Waals surface area contributed by atoms with Crippen molar-refractivity contribution in [1.29, 1.82) is 0 Å². The fraction of sp³-hybridized carbons (Fsp3) is 0.182. The van der Waals surface area contributed by atoms with Crippen LogP contribution in [0.4, 0.5) is 5.69 Å². The number of hydrogen-bond acceptors (Lipinski definition) is 5. The molecule has 0 aliphatic heterocycles. The molecule has 1 heterocycles. The number of rotatable bonds is 8. The molecule has 1 aromatic heterocycles. The Labute approximate surface area is 162 Å². The minimum absolute atomic E-state index is 0.0445. The predicted molar refractivity (Wildman–Crippen MR) is 110 cm³/mol. The summed E-state index contributed by atoms with van der Waals surface area (Å²) in [6.07, 6.45) is 2.31. The maximum atomic E-state index is 12.6. The van der Waals surface area contributed by atoms with Gasteiger partial charge in [-0.1, -0.05) is 36.4 Å². The number of amides is 1.